The zero-order chi connectivity index (χ0) is 15.6. The predicted octanol–water partition coefficient (Wildman–Crippen LogP) is 0.960. The first-order chi connectivity index (χ1) is 9.78. The number of carbonyl (C=O) groups is 1. The van der Waals surface area contributed by atoms with E-state index in [9.17, 15) is 13.2 Å². The molecule has 0 saturated carbocycles. The fourth-order valence-corrected chi connectivity index (χ4v) is 4.08. The van der Waals surface area contributed by atoms with Crippen molar-refractivity contribution < 1.29 is 13.2 Å². The second-order valence-corrected chi connectivity index (χ2v) is 7.83. The van der Waals surface area contributed by atoms with Gasteiger partial charge in [-0.1, -0.05) is 0 Å². The maximum absolute atomic E-state index is 11.9. The van der Waals surface area contributed by atoms with E-state index in [-0.39, 0.29) is 23.5 Å². The highest BCUT2D eigenvalue weighted by Crippen LogP contribution is 2.24. The highest BCUT2D eigenvalue weighted by Gasteiger charge is 2.25. The first-order valence-electron chi connectivity index (χ1n) is 6.86. The van der Waals surface area contributed by atoms with E-state index >= 15 is 0 Å². The van der Waals surface area contributed by atoms with Crippen LogP contribution in [-0.2, 0) is 9.84 Å². The molecule has 0 bridgehead atoms. The molecule has 21 heavy (non-hydrogen) atoms. The third-order valence-corrected chi connectivity index (χ3v) is 5.35. The number of amides is 1. The lowest BCUT2D eigenvalue weighted by atomic mass is 10.1. The molecule has 6 nitrogen and oxygen atoms in total. The Kier molecular flexibility index (Phi) is 4.41. The Morgan fingerprint density at radius 1 is 1.38 bits per heavy atom. The molecule has 2 rings (SSSR count). The summed E-state index contributed by atoms with van der Waals surface area (Å²) in [5.74, 6) is 0.273. The van der Waals surface area contributed by atoms with E-state index in [1.807, 2.05) is 0 Å². The van der Waals surface area contributed by atoms with E-state index in [1.54, 1.807) is 32.3 Å². The molecule has 1 unspecified atom stereocenters. The summed E-state index contributed by atoms with van der Waals surface area (Å²) in [6, 6.07) is 4.91. The van der Waals surface area contributed by atoms with Crippen molar-refractivity contribution in [2.45, 2.75) is 18.9 Å². The monoisotopic (exact) mass is 311 g/mol. The van der Waals surface area contributed by atoms with Crippen molar-refractivity contribution >= 4 is 27.1 Å². The van der Waals surface area contributed by atoms with Gasteiger partial charge in [-0.25, -0.2) is 8.42 Å². The van der Waals surface area contributed by atoms with E-state index < -0.39 is 9.84 Å². The minimum atomic E-state index is -2.96. The Morgan fingerprint density at radius 2 is 2.10 bits per heavy atom. The minimum absolute atomic E-state index is 0.117. The van der Waals surface area contributed by atoms with Crippen molar-refractivity contribution in [3.63, 3.8) is 0 Å². The molecule has 0 aromatic heterocycles. The normalized spacial score (nSPS) is 20.8. The molecule has 1 heterocycles. The summed E-state index contributed by atoms with van der Waals surface area (Å²) in [5, 5.41) is 3.17. The van der Waals surface area contributed by atoms with Gasteiger partial charge in [-0.05, 0) is 31.0 Å². The largest absolute Gasteiger partial charge is 0.397 e. The van der Waals surface area contributed by atoms with E-state index in [2.05, 4.69) is 5.32 Å². The Balaban J connectivity index is 2.13. The van der Waals surface area contributed by atoms with Crippen molar-refractivity contribution in [2.24, 2.45) is 0 Å². The highest BCUT2D eigenvalue weighted by atomic mass is 32.2. The van der Waals surface area contributed by atoms with Crippen LogP contribution in [0.25, 0.3) is 0 Å². The SMILES string of the molecule is CN(C)C(=O)c1ccc(NC2CCCS(=O)(=O)C2)c(N)c1. The van der Waals surface area contributed by atoms with Gasteiger partial charge in [-0.2, -0.15) is 0 Å². The number of carbonyl (C=O) groups excluding carboxylic acids is 1. The third-order valence-electron chi connectivity index (χ3n) is 3.53. The molecule has 1 aromatic rings. The van der Waals surface area contributed by atoms with Crippen molar-refractivity contribution in [1.29, 1.82) is 0 Å². The molecule has 1 aliphatic heterocycles. The molecule has 1 fully saturated rings. The zero-order valence-electron chi connectivity index (χ0n) is 12.3. The maximum Gasteiger partial charge on any atom is 0.253 e. The Hall–Kier alpha value is -1.76. The second kappa shape index (κ2) is 5.93. The minimum Gasteiger partial charge on any atom is -0.397 e. The maximum atomic E-state index is 11.9. The fraction of sp³-hybridized carbons (Fsp3) is 0.500. The van der Waals surface area contributed by atoms with Gasteiger partial charge in [0.1, 0.15) is 0 Å². The van der Waals surface area contributed by atoms with E-state index in [1.165, 1.54) is 4.90 Å². The number of hydrogen-bond donors (Lipinski definition) is 2. The zero-order valence-corrected chi connectivity index (χ0v) is 13.1. The molecule has 0 aliphatic carbocycles. The summed E-state index contributed by atoms with van der Waals surface area (Å²) in [5.41, 5.74) is 7.60. The van der Waals surface area contributed by atoms with Gasteiger partial charge in [0.2, 0.25) is 0 Å². The molecule has 1 aromatic carbocycles. The number of nitrogens with one attached hydrogen (secondary N) is 1. The molecule has 3 N–H and O–H groups in total. The van der Waals surface area contributed by atoms with Gasteiger partial charge < -0.3 is 16.0 Å². The highest BCUT2D eigenvalue weighted by molar-refractivity contribution is 7.91. The van der Waals surface area contributed by atoms with E-state index in [0.29, 0.717) is 23.4 Å². The molecule has 1 amide bonds. The van der Waals surface area contributed by atoms with Gasteiger partial charge in [0.15, 0.2) is 9.84 Å². The molecule has 0 radical (unpaired) electrons. The first-order valence-corrected chi connectivity index (χ1v) is 8.69. The average Bonchev–Trinajstić information content (AvgIpc) is 2.39. The van der Waals surface area contributed by atoms with Crippen LogP contribution in [0.4, 0.5) is 11.4 Å². The summed E-state index contributed by atoms with van der Waals surface area (Å²) in [6.45, 7) is 0. The van der Waals surface area contributed by atoms with Crippen molar-refractivity contribution in [1.82, 2.24) is 4.90 Å². The molecular weight excluding hydrogens is 290 g/mol. The van der Waals surface area contributed by atoms with Crippen LogP contribution in [0.15, 0.2) is 18.2 Å². The number of nitrogens with zero attached hydrogens (tertiary/aromatic N) is 1. The van der Waals surface area contributed by atoms with Crippen LogP contribution in [0.5, 0.6) is 0 Å². The fourth-order valence-electron chi connectivity index (χ4n) is 2.44. The first kappa shape index (κ1) is 15.6. The molecule has 1 saturated heterocycles. The van der Waals surface area contributed by atoms with Gasteiger partial charge in [0.05, 0.1) is 22.9 Å². The summed E-state index contributed by atoms with van der Waals surface area (Å²) < 4.78 is 23.3. The summed E-state index contributed by atoms with van der Waals surface area (Å²) in [7, 11) is 0.394. The average molecular weight is 311 g/mol. The topological polar surface area (TPSA) is 92.5 Å². The Labute approximate surface area is 125 Å². The molecule has 1 atom stereocenters. The van der Waals surface area contributed by atoms with Gasteiger partial charge in [-0.15, -0.1) is 0 Å². The van der Waals surface area contributed by atoms with Crippen LogP contribution in [0.2, 0.25) is 0 Å². The Morgan fingerprint density at radius 3 is 2.67 bits per heavy atom. The van der Waals surface area contributed by atoms with Crippen LogP contribution in [0.3, 0.4) is 0 Å². The van der Waals surface area contributed by atoms with Crippen LogP contribution >= 0.6 is 0 Å². The summed E-state index contributed by atoms with van der Waals surface area (Å²) >= 11 is 0. The third kappa shape index (κ3) is 3.87. The number of nitrogens with two attached hydrogens (primary N) is 1. The van der Waals surface area contributed by atoms with Crippen molar-refractivity contribution in [3.8, 4) is 0 Å². The van der Waals surface area contributed by atoms with Crippen LogP contribution < -0.4 is 11.1 Å². The molecule has 1 aliphatic rings. The smallest absolute Gasteiger partial charge is 0.253 e. The lowest BCUT2D eigenvalue weighted by molar-refractivity contribution is 0.0827. The number of nitrogen functional groups attached to an aromatic ring is 1. The predicted molar refractivity (Wildman–Crippen MR) is 84.2 cm³/mol. The van der Waals surface area contributed by atoms with Crippen LogP contribution in [0.1, 0.15) is 23.2 Å². The van der Waals surface area contributed by atoms with E-state index in [0.717, 1.165) is 6.42 Å². The van der Waals surface area contributed by atoms with Crippen molar-refractivity contribution in [2.75, 3.05) is 36.7 Å². The Bertz CT molecular complexity index is 641. The number of anilines is 2. The van der Waals surface area contributed by atoms with Crippen LogP contribution in [0, 0.1) is 0 Å². The number of benzene rings is 1. The number of rotatable bonds is 3. The van der Waals surface area contributed by atoms with Gasteiger partial charge in [0.25, 0.3) is 5.91 Å². The second-order valence-electron chi connectivity index (χ2n) is 5.60. The van der Waals surface area contributed by atoms with Gasteiger partial charge in [-0.3, -0.25) is 4.79 Å². The van der Waals surface area contributed by atoms with Crippen molar-refractivity contribution in [3.05, 3.63) is 23.8 Å². The quantitative estimate of drug-likeness (QED) is 0.811. The molecular formula is C14H21N3O3S. The molecule has 0 spiro atoms. The molecule has 7 heteroatoms. The molecule has 116 valence electrons. The van der Waals surface area contributed by atoms with E-state index in [4.69, 9.17) is 5.73 Å². The lowest BCUT2D eigenvalue weighted by Crippen LogP contribution is -2.35. The summed E-state index contributed by atoms with van der Waals surface area (Å²) in [4.78, 5) is 13.3. The summed E-state index contributed by atoms with van der Waals surface area (Å²) in [6.07, 6.45) is 1.47. The lowest BCUT2D eigenvalue weighted by Gasteiger charge is -2.25. The standard InChI is InChI=1S/C14H21N3O3S/c1-17(2)14(18)10-5-6-13(12(15)8-10)16-11-4-3-7-21(19,20)9-11/h5-6,8,11,16H,3-4,7,9,15H2,1-2H3. The van der Waals surface area contributed by atoms with Gasteiger partial charge in [0, 0.05) is 25.7 Å². The van der Waals surface area contributed by atoms with Crippen LogP contribution in [-0.4, -0.2) is 50.9 Å². The number of sulfone groups is 1. The number of hydrogen-bond acceptors (Lipinski definition) is 5. The van der Waals surface area contributed by atoms with Gasteiger partial charge >= 0.3 is 0 Å².